The van der Waals surface area contributed by atoms with Gasteiger partial charge in [-0.2, -0.15) is 0 Å². The van der Waals surface area contributed by atoms with Crippen molar-refractivity contribution in [3.8, 4) is 0 Å². The Morgan fingerprint density at radius 3 is 2.11 bits per heavy atom. The number of hydrogen-bond donors (Lipinski definition) is 1. The van der Waals surface area contributed by atoms with E-state index >= 15 is 0 Å². The van der Waals surface area contributed by atoms with Gasteiger partial charge in [-0.15, -0.1) is 0 Å². The minimum absolute atomic E-state index is 0.497. The van der Waals surface area contributed by atoms with Crippen molar-refractivity contribution in [1.82, 2.24) is 9.88 Å². The van der Waals surface area contributed by atoms with E-state index in [0.29, 0.717) is 18.4 Å². The van der Waals surface area contributed by atoms with Gasteiger partial charge in [0, 0.05) is 25.8 Å². The SMILES string of the molecule is CC(C)CN(CC(C)C)CC(O)c1ccccn1. The van der Waals surface area contributed by atoms with Crippen LogP contribution < -0.4 is 0 Å². The summed E-state index contributed by atoms with van der Waals surface area (Å²) in [4.78, 5) is 6.54. The van der Waals surface area contributed by atoms with Crippen LogP contribution in [0.2, 0.25) is 0 Å². The lowest BCUT2D eigenvalue weighted by atomic mass is 10.1. The monoisotopic (exact) mass is 250 g/mol. The van der Waals surface area contributed by atoms with E-state index < -0.39 is 6.10 Å². The molecule has 1 N–H and O–H groups in total. The normalized spacial score (nSPS) is 13.6. The van der Waals surface area contributed by atoms with Gasteiger partial charge in [-0.05, 0) is 24.0 Å². The van der Waals surface area contributed by atoms with Crippen molar-refractivity contribution in [2.75, 3.05) is 19.6 Å². The van der Waals surface area contributed by atoms with Crippen molar-refractivity contribution in [3.63, 3.8) is 0 Å². The van der Waals surface area contributed by atoms with Gasteiger partial charge in [-0.1, -0.05) is 33.8 Å². The molecule has 1 aromatic rings. The highest BCUT2D eigenvalue weighted by Gasteiger charge is 2.16. The molecule has 18 heavy (non-hydrogen) atoms. The Hall–Kier alpha value is -0.930. The molecule has 102 valence electrons. The third-order valence-electron chi connectivity index (χ3n) is 2.71. The Morgan fingerprint density at radius 1 is 1.06 bits per heavy atom. The fourth-order valence-electron chi connectivity index (χ4n) is 2.17. The molecule has 1 heterocycles. The highest BCUT2D eigenvalue weighted by atomic mass is 16.3. The smallest absolute Gasteiger partial charge is 0.109 e. The van der Waals surface area contributed by atoms with E-state index in [1.165, 1.54) is 0 Å². The minimum Gasteiger partial charge on any atom is -0.385 e. The van der Waals surface area contributed by atoms with Crippen LogP contribution in [0.15, 0.2) is 24.4 Å². The van der Waals surface area contributed by atoms with Gasteiger partial charge in [0.05, 0.1) is 5.69 Å². The minimum atomic E-state index is -0.497. The van der Waals surface area contributed by atoms with Crippen molar-refractivity contribution in [3.05, 3.63) is 30.1 Å². The third-order valence-corrected chi connectivity index (χ3v) is 2.71. The molecule has 0 spiro atoms. The average molecular weight is 250 g/mol. The lowest BCUT2D eigenvalue weighted by molar-refractivity contribution is 0.0958. The Labute approximate surface area is 111 Å². The Kier molecular flexibility index (Phi) is 6.30. The predicted octanol–water partition coefficient (Wildman–Crippen LogP) is 2.73. The van der Waals surface area contributed by atoms with E-state index in [1.807, 2.05) is 18.2 Å². The molecule has 0 amide bonds. The summed E-state index contributed by atoms with van der Waals surface area (Å²) in [7, 11) is 0. The van der Waals surface area contributed by atoms with Crippen molar-refractivity contribution in [1.29, 1.82) is 0 Å². The first-order chi connectivity index (χ1) is 8.49. The summed E-state index contributed by atoms with van der Waals surface area (Å²) in [5.74, 6) is 1.22. The number of pyridine rings is 1. The largest absolute Gasteiger partial charge is 0.385 e. The molecule has 1 aromatic heterocycles. The Morgan fingerprint density at radius 2 is 1.67 bits per heavy atom. The molecular weight excluding hydrogens is 224 g/mol. The second-order valence-corrected chi connectivity index (χ2v) is 5.78. The zero-order valence-corrected chi connectivity index (χ0v) is 12.0. The highest BCUT2D eigenvalue weighted by Crippen LogP contribution is 2.13. The summed E-state index contributed by atoms with van der Waals surface area (Å²) in [5.41, 5.74) is 0.759. The van der Waals surface area contributed by atoms with Crippen molar-refractivity contribution >= 4 is 0 Å². The van der Waals surface area contributed by atoms with Crippen LogP contribution in [0.3, 0.4) is 0 Å². The number of aliphatic hydroxyl groups excluding tert-OH is 1. The first kappa shape index (κ1) is 15.1. The molecular formula is C15H26N2O. The molecule has 0 saturated heterocycles. The first-order valence-corrected chi connectivity index (χ1v) is 6.80. The highest BCUT2D eigenvalue weighted by molar-refractivity contribution is 5.06. The standard InChI is InChI=1S/C15H26N2O/c1-12(2)9-17(10-13(3)4)11-15(18)14-7-5-6-8-16-14/h5-8,12-13,15,18H,9-11H2,1-4H3. The van der Waals surface area contributed by atoms with Crippen LogP contribution in [-0.2, 0) is 0 Å². The maximum absolute atomic E-state index is 10.2. The van der Waals surface area contributed by atoms with Crippen LogP contribution in [0.25, 0.3) is 0 Å². The molecule has 0 fully saturated rings. The number of aromatic nitrogens is 1. The second kappa shape index (κ2) is 7.49. The first-order valence-electron chi connectivity index (χ1n) is 6.80. The molecule has 3 heteroatoms. The zero-order valence-electron chi connectivity index (χ0n) is 12.0. The lowest BCUT2D eigenvalue weighted by Gasteiger charge is -2.28. The molecule has 0 aliphatic heterocycles. The maximum Gasteiger partial charge on any atom is 0.109 e. The zero-order chi connectivity index (χ0) is 13.5. The van der Waals surface area contributed by atoms with Crippen LogP contribution in [0.1, 0.15) is 39.5 Å². The van der Waals surface area contributed by atoms with Crippen molar-refractivity contribution in [2.24, 2.45) is 11.8 Å². The molecule has 3 nitrogen and oxygen atoms in total. The summed E-state index contributed by atoms with van der Waals surface area (Å²) in [6.07, 6.45) is 1.23. The van der Waals surface area contributed by atoms with Gasteiger partial charge in [-0.25, -0.2) is 0 Å². The van der Waals surface area contributed by atoms with Gasteiger partial charge in [0.2, 0.25) is 0 Å². The topological polar surface area (TPSA) is 36.4 Å². The van der Waals surface area contributed by atoms with Crippen molar-refractivity contribution < 1.29 is 5.11 Å². The van der Waals surface area contributed by atoms with Gasteiger partial charge in [0.25, 0.3) is 0 Å². The van der Waals surface area contributed by atoms with Crippen LogP contribution in [0, 0.1) is 11.8 Å². The van der Waals surface area contributed by atoms with Crippen LogP contribution in [0.5, 0.6) is 0 Å². The molecule has 0 aliphatic rings. The molecule has 0 saturated carbocycles. The molecule has 1 rings (SSSR count). The Balaban J connectivity index is 2.59. The summed E-state index contributed by atoms with van der Waals surface area (Å²) in [6.45, 7) is 11.5. The van der Waals surface area contributed by atoms with Crippen molar-refractivity contribution in [2.45, 2.75) is 33.8 Å². The molecule has 0 aromatic carbocycles. The lowest BCUT2D eigenvalue weighted by Crippen LogP contribution is -2.35. The number of hydrogen-bond acceptors (Lipinski definition) is 3. The summed E-state index contributed by atoms with van der Waals surface area (Å²) in [5, 5.41) is 10.2. The van der Waals surface area contributed by atoms with Gasteiger partial charge < -0.3 is 5.11 Å². The number of rotatable bonds is 7. The Bertz CT molecular complexity index is 315. The van der Waals surface area contributed by atoms with Gasteiger partial charge in [0.1, 0.15) is 6.10 Å². The number of aliphatic hydroxyl groups is 1. The van der Waals surface area contributed by atoms with E-state index in [9.17, 15) is 5.11 Å². The number of nitrogens with zero attached hydrogens (tertiary/aromatic N) is 2. The predicted molar refractivity (Wildman–Crippen MR) is 75.3 cm³/mol. The van der Waals surface area contributed by atoms with Crippen LogP contribution >= 0.6 is 0 Å². The van der Waals surface area contributed by atoms with E-state index in [0.717, 1.165) is 18.8 Å². The van der Waals surface area contributed by atoms with Crippen LogP contribution in [-0.4, -0.2) is 34.6 Å². The van der Waals surface area contributed by atoms with Gasteiger partial charge in [0.15, 0.2) is 0 Å². The second-order valence-electron chi connectivity index (χ2n) is 5.78. The van der Waals surface area contributed by atoms with E-state index in [1.54, 1.807) is 6.20 Å². The fourth-order valence-corrected chi connectivity index (χ4v) is 2.17. The summed E-state index contributed by atoms with van der Waals surface area (Å²) < 4.78 is 0. The molecule has 0 bridgehead atoms. The molecule has 0 radical (unpaired) electrons. The van der Waals surface area contributed by atoms with E-state index in [-0.39, 0.29) is 0 Å². The van der Waals surface area contributed by atoms with Crippen LogP contribution in [0.4, 0.5) is 0 Å². The molecule has 1 unspecified atom stereocenters. The van der Waals surface area contributed by atoms with E-state index in [4.69, 9.17) is 0 Å². The van der Waals surface area contributed by atoms with Gasteiger partial charge in [-0.3, -0.25) is 9.88 Å². The average Bonchev–Trinajstić information content (AvgIpc) is 2.28. The molecule has 0 aliphatic carbocycles. The van der Waals surface area contributed by atoms with Gasteiger partial charge >= 0.3 is 0 Å². The summed E-state index contributed by atoms with van der Waals surface area (Å²) >= 11 is 0. The summed E-state index contributed by atoms with van der Waals surface area (Å²) in [6, 6.07) is 5.67. The molecule has 1 atom stereocenters. The third kappa shape index (κ3) is 5.61. The van der Waals surface area contributed by atoms with E-state index in [2.05, 4.69) is 37.6 Å². The maximum atomic E-state index is 10.2. The quantitative estimate of drug-likeness (QED) is 0.808. The fraction of sp³-hybridized carbons (Fsp3) is 0.667.